The smallest absolute Gasteiger partial charge is 0.0725 e. The van der Waals surface area contributed by atoms with Gasteiger partial charge in [0.1, 0.15) is 0 Å². The van der Waals surface area contributed by atoms with E-state index in [-0.39, 0.29) is 0 Å². The van der Waals surface area contributed by atoms with Gasteiger partial charge in [0, 0.05) is 25.7 Å². The van der Waals surface area contributed by atoms with E-state index in [0.29, 0.717) is 6.04 Å². The molecular weight excluding hydrogens is 212 g/mol. The molecule has 3 nitrogen and oxygen atoms in total. The number of benzene rings is 1. The van der Waals surface area contributed by atoms with Crippen molar-refractivity contribution >= 4 is 0 Å². The van der Waals surface area contributed by atoms with Crippen LogP contribution in [0, 0.1) is 0 Å². The van der Waals surface area contributed by atoms with Crippen LogP contribution in [0.2, 0.25) is 0 Å². The Kier molecular flexibility index (Phi) is 4.54. The standard InChI is InChI=1S/C14H22N2O/c1-11(2)16-6-5-15-8-12-3-4-13-9-17-10-14(13)7-12/h3-4,7,11,15-16H,5-6,8-10H2,1-2H3. The van der Waals surface area contributed by atoms with Crippen molar-refractivity contribution in [3.8, 4) is 0 Å². The van der Waals surface area contributed by atoms with Crippen molar-refractivity contribution in [1.29, 1.82) is 0 Å². The van der Waals surface area contributed by atoms with Crippen LogP contribution in [0.15, 0.2) is 18.2 Å². The Morgan fingerprint density at radius 3 is 2.82 bits per heavy atom. The molecule has 94 valence electrons. The monoisotopic (exact) mass is 234 g/mol. The van der Waals surface area contributed by atoms with Crippen molar-refractivity contribution in [1.82, 2.24) is 10.6 Å². The minimum Gasteiger partial charge on any atom is -0.372 e. The minimum absolute atomic E-state index is 0.564. The van der Waals surface area contributed by atoms with Gasteiger partial charge in [-0.2, -0.15) is 0 Å². The highest BCUT2D eigenvalue weighted by atomic mass is 16.5. The number of hydrogen-bond donors (Lipinski definition) is 2. The van der Waals surface area contributed by atoms with Crippen LogP contribution in [0.25, 0.3) is 0 Å². The zero-order valence-corrected chi connectivity index (χ0v) is 10.8. The topological polar surface area (TPSA) is 33.3 Å². The molecule has 0 amide bonds. The van der Waals surface area contributed by atoms with Crippen molar-refractivity contribution in [2.75, 3.05) is 13.1 Å². The van der Waals surface area contributed by atoms with Crippen LogP contribution in [0.5, 0.6) is 0 Å². The van der Waals surface area contributed by atoms with Gasteiger partial charge in [-0.05, 0) is 16.7 Å². The highest BCUT2D eigenvalue weighted by Crippen LogP contribution is 2.20. The maximum Gasteiger partial charge on any atom is 0.0725 e. The van der Waals surface area contributed by atoms with E-state index in [1.165, 1.54) is 16.7 Å². The van der Waals surface area contributed by atoms with Crippen LogP contribution in [-0.2, 0) is 24.5 Å². The van der Waals surface area contributed by atoms with Gasteiger partial charge in [0.25, 0.3) is 0 Å². The molecule has 0 radical (unpaired) electrons. The van der Waals surface area contributed by atoms with E-state index >= 15 is 0 Å². The highest BCUT2D eigenvalue weighted by molar-refractivity contribution is 5.33. The number of nitrogens with one attached hydrogen (secondary N) is 2. The van der Waals surface area contributed by atoms with Gasteiger partial charge in [-0.3, -0.25) is 0 Å². The van der Waals surface area contributed by atoms with E-state index < -0.39 is 0 Å². The summed E-state index contributed by atoms with van der Waals surface area (Å²) in [7, 11) is 0. The molecule has 1 heterocycles. The first-order valence-electron chi connectivity index (χ1n) is 6.38. The number of ether oxygens (including phenoxy) is 1. The summed E-state index contributed by atoms with van der Waals surface area (Å²) < 4.78 is 5.41. The fraction of sp³-hybridized carbons (Fsp3) is 0.571. The number of fused-ring (bicyclic) bond motifs is 1. The lowest BCUT2D eigenvalue weighted by atomic mass is 10.1. The lowest BCUT2D eigenvalue weighted by molar-refractivity contribution is 0.134. The van der Waals surface area contributed by atoms with Crippen LogP contribution in [-0.4, -0.2) is 19.1 Å². The van der Waals surface area contributed by atoms with E-state index in [0.717, 1.165) is 32.8 Å². The average Bonchev–Trinajstić information content (AvgIpc) is 2.75. The van der Waals surface area contributed by atoms with E-state index in [1.807, 2.05) is 0 Å². The van der Waals surface area contributed by atoms with Crippen LogP contribution in [0.1, 0.15) is 30.5 Å². The molecule has 1 aromatic carbocycles. The maximum absolute atomic E-state index is 5.41. The summed E-state index contributed by atoms with van der Waals surface area (Å²) in [5, 5.41) is 6.84. The molecule has 0 saturated carbocycles. The van der Waals surface area contributed by atoms with Gasteiger partial charge in [-0.1, -0.05) is 32.0 Å². The second-order valence-electron chi connectivity index (χ2n) is 4.88. The lowest BCUT2D eigenvalue weighted by Crippen LogP contribution is -2.31. The minimum atomic E-state index is 0.564. The molecular formula is C14H22N2O. The third-order valence-corrected chi connectivity index (χ3v) is 2.97. The van der Waals surface area contributed by atoms with Gasteiger partial charge in [0.05, 0.1) is 13.2 Å². The van der Waals surface area contributed by atoms with Crippen LogP contribution >= 0.6 is 0 Å². The van der Waals surface area contributed by atoms with Crippen molar-refractivity contribution in [2.45, 2.75) is 39.6 Å². The molecule has 0 unspecified atom stereocenters. The molecule has 0 saturated heterocycles. The van der Waals surface area contributed by atoms with Gasteiger partial charge in [-0.25, -0.2) is 0 Å². The second-order valence-corrected chi connectivity index (χ2v) is 4.88. The molecule has 1 aliphatic heterocycles. The Balaban J connectivity index is 1.72. The average molecular weight is 234 g/mol. The summed E-state index contributed by atoms with van der Waals surface area (Å²) >= 11 is 0. The summed E-state index contributed by atoms with van der Waals surface area (Å²) in [5.74, 6) is 0. The normalized spacial score (nSPS) is 14.3. The summed E-state index contributed by atoms with van der Waals surface area (Å²) in [5.41, 5.74) is 4.04. The van der Waals surface area contributed by atoms with E-state index in [4.69, 9.17) is 4.74 Å². The molecule has 0 spiro atoms. The van der Waals surface area contributed by atoms with E-state index in [2.05, 4.69) is 42.7 Å². The van der Waals surface area contributed by atoms with Crippen LogP contribution in [0.4, 0.5) is 0 Å². The van der Waals surface area contributed by atoms with E-state index in [1.54, 1.807) is 0 Å². The quantitative estimate of drug-likeness (QED) is 0.736. The maximum atomic E-state index is 5.41. The molecule has 3 heteroatoms. The Bertz CT molecular complexity index is 363. The summed E-state index contributed by atoms with van der Waals surface area (Å²) in [6.07, 6.45) is 0. The van der Waals surface area contributed by atoms with Gasteiger partial charge >= 0.3 is 0 Å². The molecule has 0 atom stereocenters. The first-order valence-corrected chi connectivity index (χ1v) is 6.38. The molecule has 1 aliphatic rings. The fourth-order valence-corrected chi connectivity index (χ4v) is 2.02. The van der Waals surface area contributed by atoms with Gasteiger partial charge in [-0.15, -0.1) is 0 Å². The van der Waals surface area contributed by atoms with Gasteiger partial charge in [0.15, 0.2) is 0 Å². The third-order valence-electron chi connectivity index (χ3n) is 2.97. The first kappa shape index (κ1) is 12.6. The Labute approximate surface area is 104 Å². The summed E-state index contributed by atoms with van der Waals surface area (Å²) in [4.78, 5) is 0. The first-order chi connectivity index (χ1) is 8.25. The van der Waals surface area contributed by atoms with Gasteiger partial charge < -0.3 is 15.4 Å². The molecule has 0 aliphatic carbocycles. The van der Waals surface area contributed by atoms with Gasteiger partial charge in [0.2, 0.25) is 0 Å². The van der Waals surface area contributed by atoms with Crippen molar-refractivity contribution in [2.24, 2.45) is 0 Å². The zero-order chi connectivity index (χ0) is 12.1. The fourth-order valence-electron chi connectivity index (χ4n) is 2.02. The molecule has 2 rings (SSSR count). The van der Waals surface area contributed by atoms with Crippen LogP contribution < -0.4 is 10.6 Å². The molecule has 17 heavy (non-hydrogen) atoms. The lowest BCUT2D eigenvalue weighted by Gasteiger charge is -2.09. The Morgan fingerprint density at radius 2 is 2.00 bits per heavy atom. The predicted octanol–water partition coefficient (Wildman–Crippen LogP) is 1.80. The molecule has 2 N–H and O–H groups in total. The van der Waals surface area contributed by atoms with Crippen molar-refractivity contribution in [3.05, 3.63) is 34.9 Å². The predicted molar refractivity (Wildman–Crippen MR) is 69.8 cm³/mol. The number of rotatable bonds is 6. The van der Waals surface area contributed by atoms with E-state index in [9.17, 15) is 0 Å². The largest absolute Gasteiger partial charge is 0.372 e. The van der Waals surface area contributed by atoms with Crippen LogP contribution in [0.3, 0.4) is 0 Å². The van der Waals surface area contributed by atoms with Crippen molar-refractivity contribution < 1.29 is 4.74 Å². The Hall–Kier alpha value is -0.900. The SMILES string of the molecule is CC(C)NCCNCc1ccc2c(c1)COC2. The highest BCUT2D eigenvalue weighted by Gasteiger charge is 2.10. The van der Waals surface area contributed by atoms with Crippen molar-refractivity contribution in [3.63, 3.8) is 0 Å². The molecule has 1 aromatic rings. The zero-order valence-electron chi connectivity index (χ0n) is 10.8. The molecule has 0 bridgehead atoms. The molecule has 0 aromatic heterocycles. The summed E-state index contributed by atoms with van der Waals surface area (Å²) in [6, 6.07) is 7.20. The third kappa shape index (κ3) is 3.80. The molecule has 0 fully saturated rings. The number of hydrogen-bond acceptors (Lipinski definition) is 3. The second kappa shape index (κ2) is 6.15. The Morgan fingerprint density at radius 1 is 1.18 bits per heavy atom. The summed E-state index contributed by atoms with van der Waals surface area (Å²) in [6.45, 7) is 8.85.